The predicted octanol–water partition coefficient (Wildman–Crippen LogP) is 2.20. The minimum absolute atomic E-state index is 0.448. The van der Waals surface area contributed by atoms with Crippen LogP contribution in [-0.2, 0) is 13.6 Å². The van der Waals surface area contributed by atoms with Crippen molar-refractivity contribution in [2.75, 3.05) is 5.32 Å². The quantitative estimate of drug-likeness (QED) is 0.861. The number of nitrogens with one attached hydrogen (secondary N) is 1. The third kappa shape index (κ3) is 2.87. The first-order valence-corrected chi connectivity index (χ1v) is 5.95. The molecular weight excluding hydrogens is 214 g/mol. The van der Waals surface area contributed by atoms with Crippen LogP contribution in [-0.4, -0.2) is 19.6 Å². The van der Waals surface area contributed by atoms with Crippen molar-refractivity contribution in [2.45, 2.75) is 32.9 Å². The summed E-state index contributed by atoms with van der Waals surface area (Å²) in [7, 11) is 1.92. The predicted molar refractivity (Wildman–Crippen MR) is 67.8 cm³/mol. The van der Waals surface area contributed by atoms with E-state index in [1.165, 1.54) is 0 Å². The average molecular weight is 233 g/mol. The molecular formula is C12H19N5. The van der Waals surface area contributed by atoms with Gasteiger partial charge in [-0.15, -0.1) is 0 Å². The molecule has 2 rings (SSSR count). The van der Waals surface area contributed by atoms with Crippen molar-refractivity contribution in [2.24, 2.45) is 7.05 Å². The number of hydrogen-bond donors (Lipinski definition) is 1. The molecule has 0 fully saturated rings. The van der Waals surface area contributed by atoms with Crippen LogP contribution >= 0.6 is 0 Å². The molecule has 5 nitrogen and oxygen atoms in total. The van der Waals surface area contributed by atoms with Gasteiger partial charge in [0.05, 0.1) is 6.20 Å². The SMILES string of the molecule is CC[C@@H](C)n1ccc(NCc2cnn(C)c2)n1. The lowest BCUT2D eigenvalue weighted by molar-refractivity contribution is 0.479. The summed E-state index contributed by atoms with van der Waals surface area (Å²) in [5.41, 5.74) is 1.16. The van der Waals surface area contributed by atoms with E-state index in [1.54, 1.807) is 4.68 Å². The Balaban J connectivity index is 1.93. The fourth-order valence-electron chi connectivity index (χ4n) is 1.62. The van der Waals surface area contributed by atoms with E-state index in [0.717, 1.165) is 24.3 Å². The number of rotatable bonds is 5. The molecule has 0 saturated heterocycles. The van der Waals surface area contributed by atoms with E-state index < -0.39 is 0 Å². The summed E-state index contributed by atoms with van der Waals surface area (Å²) in [6.45, 7) is 5.08. The molecule has 2 aromatic rings. The Bertz CT molecular complexity index is 471. The van der Waals surface area contributed by atoms with Crippen LogP contribution in [0.2, 0.25) is 0 Å². The first-order valence-electron chi connectivity index (χ1n) is 5.95. The maximum atomic E-state index is 4.48. The second-order valence-electron chi connectivity index (χ2n) is 4.31. The minimum atomic E-state index is 0.448. The van der Waals surface area contributed by atoms with Crippen molar-refractivity contribution in [3.63, 3.8) is 0 Å². The van der Waals surface area contributed by atoms with E-state index in [2.05, 4.69) is 29.4 Å². The van der Waals surface area contributed by atoms with Gasteiger partial charge in [-0.25, -0.2) is 0 Å². The molecule has 1 atom stereocenters. The molecule has 0 amide bonds. The van der Waals surface area contributed by atoms with Crippen molar-refractivity contribution < 1.29 is 0 Å². The van der Waals surface area contributed by atoms with Crippen LogP contribution in [0.25, 0.3) is 0 Å². The first kappa shape index (κ1) is 11.7. The Morgan fingerprint density at radius 1 is 1.47 bits per heavy atom. The zero-order valence-electron chi connectivity index (χ0n) is 10.6. The summed E-state index contributed by atoms with van der Waals surface area (Å²) in [5.74, 6) is 0.911. The lowest BCUT2D eigenvalue weighted by Crippen LogP contribution is -2.06. The topological polar surface area (TPSA) is 47.7 Å². The van der Waals surface area contributed by atoms with Gasteiger partial charge in [-0.2, -0.15) is 10.2 Å². The van der Waals surface area contributed by atoms with Gasteiger partial charge in [-0.05, 0) is 13.3 Å². The maximum Gasteiger partial charge on any atom is 0.148 e. The molecule has 1 N–H and O–H groups in total. The zero-order chi connectivity index (χ0) is 12.3. The Morgan fingerprint density at radius 2 is 2.29 bits per heavy atom. The molecule has 0 aromatic carbocycles. The third-order valence-electron chi connectivity index (χ3n) is 2.88. The highest BCUT2D eigenvalue weighted by molar-refractivity contribution is 5.33. The molecule has 0 bridgehead atoms. The Labute approximate surface area is 101 Å². The Morgan fingerprint density at radius 3 is 2.94 bits per heavy atom. The van der Waals surface area contributed by atoms with Crippen molar-refractivity contribution >= 4 is 5.82 Å². The molecule has 0 aliphatic heterocycles. The molecule has 0 radical (unpaired) electrons. The highest BCUT2D eigenvalue weighted by Crippen LogP contribution is 2.12. The minimum Gasteiger partial charge on any atom is -0.364 e. The van der Waals surface area contributed by atoms with E-state index in [0.29, 0.717) is 6.04 Å². The number of anilines is 1. The normalized spacial score (nSPS) is 12.6. The average Bonchev–Trinajstić information content (AvgIpc) is 2.94. The lowest BCUT2D eigenvalue weighted by Gasteiger charge is -2.08. The van der Waals surface area contributed by atoms with E-state index >= 15 is 0 Å². The highest BCUT2D eigenvalue weighted by Gasteiger charge is 2.04. The van der Waals surface area contributed by atoms with E-state index in [1.807, 2.05) is 36.4 Å². The molecule has 0 spiro atoms. The van der Waals surface area contributed by atoms with Crippen molar-refractivity contribution in [3.05, 3.63) is 30.2 Å². The fourth-order valence-corrected chi connectivity index (χ4v) is 1.62. The fraction of sp³-hybridized carbons (Fsp3) is 0.500. The molecule has 2 heterocycles. The second-order valence-corrected chi connectivity index (χ2v) is 4.31. The van der Waals surface area contributed by atoms with Crippen LogP contribution < -0.4 is 5.32 Å². The molecule has 0 unspecified atom stereocenters. The lowest BCUT2D eigenvalue weighted by atomic mass is 10.3. The summed E-state index contributed by atoms with van der Waals surface area (Å²) < 4.78 is 3.79. The van der Waals surface area contributed by atoms with Crippen LogP contribution in [0.3, 0.4) is 0 Å². The van der Waals surface area contributed by atoms with Crippen LogP contribution in [0.1, 0.15) is 31.9 Å². The summed E-state index contributed by atoms with van der Waals surface area (Å²) in [5, 5.41) is 11.9. The van der Waals surface area contributed by atoms with Gasteiger partial charge in [0.2, 0.25) is 0 Å². The molecule has 0 aliphatic carbocycles. The molecule has 92 valence electrons. The standard InChI is InChI=1S/C12H19N5/c1-4-10(2)17-6-5-12(15-17)13-7-11-8-14-16(3)9-11/h5-6,8-10H,4,7H2,1-3H3,(H,13,15)/t10-/m1/s1. The van der Waals surface area contributed by atoms with Gasteiger partial charge in [0.15, 0.2) is 0 Å². The number of nitrogens with zero attached hydrogens (tertiary/aromatic N) is 4. The van der Waals surface area contributed by atoms with Crippen LogP contribution in [0.4, 0.5) is 5.82 Å². The number of hydrogen-bond acceptors (Lipinski definition) is 3. The number of aromatic nitrogens is 4. The van der Waals surface area contributed by atoms with E-state index in [9.17, 15) is 0 Å². The van der Waals surface area contributed by atoms with Crippen molar-refractivity contribution in [1.82, 2.24) is 19.6 Å². The molecule has 17 heavy (non-hydrogen) atoms. The summed E-state index contributed by atoms with van der Waals surface area (Å²) in [6, 6.07) is 2.45. The van der Waals surface area contributed by atoms with Crippen LogP contribution in [0.5, 0.6) is 0 Å². The van der Waals surface area contributed by atoms with Gasteiger partial charge in [0.1, 0.15) is 5.82 Å². The van der Waals surface area contributed by atoms with E-state index in [4.69, 9.17) is 0 Å². The van der Waals surface area contributed by atoms with Gasteiger partial charge in [0.25, 0.3) is 0 Å². The monoisotopic (exact) mass is 233 g/mol. The molecule has 0 saturated carbocycles. The number of aryl methyl sites for hydroxylation is 1. The Hall–Kier alpha value is -1.78. The van der Waals surface area contributed by atoms with Crippen molar-refractivity contribution in [1.29, 1.82) is 0 Å². The van der Waals surface area contributed by atoms with Crippen LogP contribution in [0, 0.1) is 0 Å². The van der Waals surface area contributed by atoms with Gasteiger partial charge in [-0.3, -0.25) is 9.36 Å². The molecule has 0 aliphatic rings. The maximum absolute atomic E-state index is 4.48. The van der Waals surface area contributed by atoms with Gasteiger partial charge in [0, 0.05) is 43.7 Å². The summed E-state index contributed by atoms with van der Waals surface area (Å²) in [6.07, 6.45) is 6.96. The summed E-state index contributed by atoms with van der Waals surface area (Å²) in [4.78, 5) is 0. The molecule has 5 heteroatoms. The highest BCUT2D eigenvalue weighted by atomic mass is 15.3. The van der Waals surface area contributed by atoms with Gasteiger partial charge < -0.3 is 5.32 Å². The largest absolute Gasteiger partial charge is 0.364 e. The van der Waals surface area contributed by atoms with Crippen LogP contribution in [0.15, 0.2) is 24.7 Å². The van der Waals surface area contributed by atoms with Gasteiger partial charge >= 0.3 is 0 Å². The first-order chi connectivity index (χ1) is 8.19. The smallest absolute Gasteiger partial charge is 0.148 e. The van der Waals surface area contributed by atoms with E-state index in [-0.39, 0.29) is 0 Å². The Kier molecular flexibility index (Phi) is 3.46. The zero-order valence-corrected chi connectivity index (χ0v) is 10.6. The van der Waals surface area contributed by atoms with Crippen molar-refractivity contribution in [3.8, 4) is 0 Å². The third-order valence-corrected chi connectivity index (χ3v) is 2.88. The molecule has 2 aromatic heterocycles. The second kappa shape index (κ2) is 5.03. The van der Waals surface area contributed by atoms with Gasteiger partial charge in [-0.1, -0.05) is 6.92 Å². The summed E-state index contributed by atoms with van der Waals surface area (Å²) >= 11 is 0.